The Balaban J connectivity index is 1.40. The zero-order valence-electron chi connectivity index (χ0n) is 78.0. The molecule has 7 amide bonds. The van der Waals surface area contributed by atoms with Crippen molar-refractivity contribution in [1.82, 2.24) is 46.8 Å². The molecule has 1 aromatic carbocycles. The lowest BCUT2D eigenvalue weighted by Crippen LogP contribution is -2.66. The number of Topliss-reactive ketones (excluding diaryl/α,β-unsaturated/α-hetero) is 1. The Morgan fingerprint density at radius 3 is 1.20 bits per heavy atom. The maximum atomic E-state index is 15.1. The second kappa shape index (κ2) is 59.9. The smallest absolute Gasteiger partial charge is 0.303 e. The van der Waals surface area contributed by atoms with Crippen LogP contribution in [-0.2, 0) is 179 Å². The second-order valence-corrected chi connectivity index (χ2v) is 33.6. The Morgan fingerprint density at radius 2 is 0.833 bits per heavy atom. The van der Waals surface area contributed by atoms with Crippen molar-refractivity contribution in [3.8, 4) is 6.07 Å². The molecule has 3 saturated heterocycles. The third-order valence-corrected chi connectivity index (χ3v) is 22.5. The molecule has 0 aromatic heterocycles. The average Bonchev–Trinajstić information content (AvgIpc) is 0.792. The first-order chi connectivity index (χ1) is 62.6. The molecule has 17 unspecified atom stereocenters. The predicted octanol–water partition coefficient (Wildman–Crippen LogP) is 0.980. The van der Waals surface area contributed by atoms with Crippen molar-refractivity contribution in [3.63, 3.8) is 0 Å². The molecule has 0 spiro atoms. The summed E-state index contributed by atoms with van der Waals surface area (Å²) in [5.74, 6) is -10.7. The van der Waals surface area contributed by atoms with E-state index in [1.54, 1.807) is 24.3 Å². The van der Waals surface area contributed by atoms with Gasteiger partial charge in [-0.05, 0) is 90.7 Å². The fourth-order valence-electron chi connectivity index (χ4n) is 15.0. The van der Waals surface area contributed by atoms with Crippen LogP contribution in [0.5, 0.6) is 0 Å². The van der Waals surface area contributed by atoms with Crippen LogP contribution in [0.3, 0.4) is 0 Å². The Kier molecular flexibility index (Phi) is 51.2. The highest BCUT2D eigenvalue weighted by Crippen LogP contribution is 2.49. The number of ketones is 1. The molecular weight excluding hydrogens is 1760 g/mol. The monoisotopic (exact) mass is 1900 g/mol. The van der Waals surface area contributed by atoms with E-state index in [2.05, 4.69) is 75.7 Å². The molecule has 4 fully saturated rings. The number of nitrogens with zero attached hydrogens (tertiary/aromatic N) is 3. The topological polar surface area (TPSA) is 563 Å². The first-order valence-corrected chi connectivity index (χ1v) is 45.1. The first-order valence-electron chi connectivity index (χ1n) is 44.0. The van der Waals surface area contributed by atoms with Crippen molar-refractivity contribution in [3.05, 3.63) is 35.4 Å². The van der Waals surface area contributed by atoms with Gasteiger partial charge in [0.25, 0.3) is 8.53 Å². The van der Waals surface area contributed by atoms with Crippen LogP contribution in [-0.4, -0.2) is 333 Å². The summed E-state index contributed by atoms with van der Waals surface area (Å²) in [5.41, 5.74) is 1.23. The van der Waals surface area contributed by atoms with Crippen molar-refractivity contribution in [2.45, 2.75) is 291 Å². The Hall–Kier alpha value is -9.66. The molecule has 5 rings (SSSR count). The quantitative estimate of drug-likeness (QED) is 0.0207. The van der Waals surface area contributed by atoms with Gasteiger partial charge in [-0.2, -0.15) is 5.26 Å². The fourth-order valence-corrected chi connectivity index (χ4v) is 16.7. The van der Waals surface area contributed by atoms with Crippen LogP contribution in [0.2, 0.25) is 0 Å². The number of carbonyl (C=O) groups is 16. The van der Waals surface area contributed by atoms with Crippen LogP contribution in [0.15, 0.2) is 24.3 Å². The van der Waals surface area contributed by atoms with Crippen LogP contribution < -0.4 is 37.2 Å². The van der Waals surface area contributed by atoms with E-state index in [0.29, 0.717) is 43.2 Å². The standard InChI is InChI=1S/C86H133N10O35P/c1-49(2)96(50(3)4)132(121-33-18-29-87)131-66-27-25-65(26-28-66)82(111)91-44-64-23-21-63(22-24-64)43-67(83(112)90-32-36-115-39-42-118-86-75(94-54(8)100)81(127-62(16)108)78(124-59(13)105)70(130-86)48-120-56(10)102)95(46-72(110)89-31-35-114-38-41-117-85-74(93-53(7)99)80(126-61(15)107)77(123-58(12)104)69(129-85)47-119-55(9)101)45-71(109)88-30-34-113-37-40-116-84-73(92-52(6)98)79(125-60(14)106)76(122-57(11)103)68(128-84)20-17-19-51(5)97/h21-24,49-50,65-70,73-81,84-86H,17-20,25-28,30-48H2,1-16H3,(H,88,109)(H,89,110)(H,90,112)(H,91,111)(H,92,98)(H,93,99)(H,94,100). The van der Waals surface area contributed by atoms with Gasteiger partial charge in [0.1, 0.15) is 55.4 Å². The first kappa shape index (κ1) is 113. The van der Waals surface area contributed by atoms with Crippen LogP contribution in [0.25, 0.3) is 0 Å². The summed E-state index contributed by atoms with van der Waals surface area (Å²) in [4.78, 5) is 207. The number of esters is 8. The largest absolute Gasteiger partial charge is 0.463 e. The lowest BCUT2D eigenvalue weighted by molar-refractivity contribution is -0.279. The van der Waals surface area contributed by atoms with Crippen LogP contribution in [0.4, 0.5) is 0 Å². The van der Waals surface area contributed by atoms with Gasteiger partial charge in [0, 0.05) is 127 Å². The molecule has 742 valence electrons. The molecule has 1 aromatic rings. The van der Waals surface area contributed by atoms with Gasteiger partial charge in [-0.1, -0.05) is 24.3 Å². The van der Waals surface area contributed by atoms with E-state index in [4.69, 9.17) is 89.6 Å². The lowest BCUT2D eigenvalue weighted by atomic mass is 9.87. The molecule has 17 atom stereocenters. The maximum Gasteiger partial charge on any atom is 0.303 e. The van der Waals surface area contributed by atoms with Crippen molar-refractivity contribution in [2.75, 3.05) is 112 Å². The highest BCUT2D eigenvalue weighted by Gasteiger charge is 2.55. The molecular formula is C86H133N10O35P. The average molecular weight is 1900 g/mol. The number of benzene rings is 1. The normalized spacial score (nSPS) is 23.9. The zero-order chi connectivity index (χ0) is 97.7. The molecule has 0 bridgehead atoms. The van der Waals surface area contributed by atoms with E-state index < -0.39 is 216 Å². The summed E-state index contributed by atoms with van der Waals surface area (Å²) in [7, 11) is -1.49. The summed E-state index contributed by atoms with van der Waals surface area (Å²) in [6.07, 6.45) is -12.9. The van der Waals surface area contributed by atoms with Crippen LogP contribution in [0.1, 0.15) is 173 Å². The minimum atomic E-state index is -1.49. The number of nitriles is 1. The third kappa shape index (κ3) is 41.9. The number of carbonyl (C=O) groups excluding carboxylic acids is 16. The van der Waals surface area contributed by atoms with Gasteiger partial charge in [0.15, 0.2) is 55.5 Å². The molecule has 1 saturated carbocycles. The molecule has 3 heterocycles. The van der Waals surface area contributed by atoms with Gasteiger partial charge in [-0.25, -0.2) is 4.67 Å². The predicted molar refractivity (Wildman–Crippen MR) is 459 cm³/mol. The van der Waals surface area contributed by atoms with E-state index in [1.165, 1.54) is 32.6 Å². The minimum Gasteiger partial charge on any atom is -0.463 e. The Bertz CT molecular complexity index is 3940. The maximum absolute atomic E-state index is 15.1. The summed E-state index contributed by atoms with van der Waals surface area (Å²) >= 11 is 0. The number of nitrogens with one attached hydrogen (secondary N) is 7. The molecule has 7 N–H and O–H groups in total. The Morgan fingerprint density at radius 1 is 0.455 bits per heavy atom. The van der Waals surface area contributed by atoms with Crippen molar-refractivity contribution >= 4 is 103 Å². The van der Waals surface area contributed by atoms with E-state index in [0.717, 1.165) is 55.4 Å². The van der Waals surface area contributed by atoms with E-state index in [-0.39, 0.29) is 154 Å². The molecule has 3 aliphatic heterocycles. The summed E-state index contributed by atoms with van der Waals surface area (Å²) in [5, 5.41) is 28.5. The van der Waals surface area contributed by atoms with Crippen molar-refractivity contribution in [1.29, 1.82) is 5.26 Å². The van der Waals surface area contributed by atoms with Gasteiger partial charge >= 0.3 is 47.8 Å². The summed E-state index contributed by atoms with van der Waals surface area (Å²) in [6.45, 7) is 18.0. The number of amides is 7. The van der Waals surface area contributed by atoms with Gasteiger partial charge in [0.2, 0.25) is 41.4 Å². The number of ether oxygens (including phenoxy) is 17. The molecule has 45 nitrogen and oxygen atoms in total. The second-order valence-electron chi connectivity index (χ2n) is 32.2. The van der Waals surface area contributed by atoms with Crippen molar-refractivity contribution < 1.29 is 166 Å². The molecule has 1 aliphatic carbocycles. The third-order valence-electron chi connectivity index (χ3n) is 20.3. The van der Waals surface area contributed by atoms with E-state index >= 15 is 4.79 Å². The SMILES string of the molecule is CC(=O)CCCC1OC(OCCOCCNC(=O)CN(CC(=O)NCCOCCOC2OC(COC(C)=O)C(OC(C)=O)C(OC(C)=O)C2NC(C)=O)C(Cc2ccc(CNC(=O)C3CCC(OP(OCCC#N)N(C(C)C)C(C)C)CC3)cc2)C(=O)NCCOCCOC2OC(COC(C)=O)C(OC(C)=O)C(OC(C)=O)C2NC(C)=O)C(NC(C)=O)C(OC(C)=O)C1OC(C)=O. The van der Waals surface area contributed by atoms with E-state index in [9.17, 15) is 77.2 Å². The lowest BCUT2D eigenvalue weighted by Gasteiger charge is -2.45. The number of rotatable bonds is 57. The number of hydrogen-bond donors (Lipinski definition) is 7. The zero-order valence-corrected chi connectivity index (χ0v) is 78.9. The highest BCUT2D eigenvalue weighted by molar-refractivity contribution is 7.44. The summed E-state index contributed by atoms with van der Waals surface area (Å²) < 4.78 is 113. The minimum absolute atomic E-state index is 0.103. The van der Waals surface area contributed by atoms with Crippen LogP contribution in [0, 0.1) is 17.2 Å². The molecule has 132 heavy (non-hydrogen) atoms. The number of hydrogen-bond acceptors (Lipinski definition) is 38. The molecule has 4 aliphatic rings. The Labute approximate surface area is 769 Å². The molecule has 46 heteroatoms. The summed E-state index contributed by atoms with van der Waals surface area (Å²) in [6, 6.07) is 4.18. The van der Waals surface area contributed by atoms with Gasteiger partial charge < -0.3 is 132 Å². The van der Waals surface area contributed by atoms with Crippen molar-refractivity contribution in [2.24, 2.45) is 5.92 Å². The highest BCUT2D eigenvalue weighted by atomic mass is 31.2. The fraction of sp³-hybridized carbons (Fsp3) is 0.733. The van der Waals surface area contributed by atoms with E-state index in [1.807, 2.05) is 0 Å². The van der Waals surface area contributed by atoms with Gasteiger partial charge in [-0.3, -0.25) is 76.8 Å². The van der Waals surface area contributed by atoms with Gasteiger partial charge in [-0.15, -0.1) is 0 Å². The van der Waals surface area contributed by atoms with Gasteiger partial charge in [0.05, 0.1) is 104 Å². The molecule has 0 radical (unpaired) electrons. The van der Waals surface area contributed by atoms with Crippen LogP contribution >= 0.6 is 8.53 Å².